The lowest BCUT2D eigenvalue weighted by Gasteiger charge is -2.45. The first kappa shape index (κ1) is 22.6. The Labute approximate surface area is 193 Å². The molecule has 0 spiro atoms. The van der Waals surface area contributed by atoms with Crippen LogP contribution in [0.25, 0.3) is 0 Å². The molecule has 0 saturated heterocycles. The van der Waals surface area contributed by atoms with Gasteiger partial charge in [0.05, 0.1) is 24.2 Å². The molecule has 0 bridgehead atoms. The van der Waals surface area contributed by atoms with Gasteiger partial charge in [-0.1, -0.05) is 13.0 Å². The first-order chi connectivity index (χ1) is 15.9. The van der Waals surface area contributed by atoms with Crippen LogP contribution >= 0.6 is 0 Å². The molecule has 4 rings (SSSR count). The SMILES string of the molecule is CC(=O)NCCOc1cccc(N[C@H]2c3cc(C#N)ccc3N(C(C)=O)[C@@H](C3CC3)[C@@H]2C)n1. The Kier molecular flexibility index (Phi) is 6.50. The van der Waals surface area contributed by atoms with Crippen LogP contribution in [0.15, 0.2) is 36.4 Å². The number of hydrogen-bond acceptors (Lipinski definition) is 6. The molecule has 1 saturated carbocycles. The number of amides is 2. The van der Waals surface area contributed by atoms with Crippen LogP contribution in [0.2, 0.25) is 0 Å². The first-order valence-corrected chi connectivity index (χ1v) is 11.3. The normalized spacial score (nSPS) is 21.5. The lowest BCUT2D eigenvalue weighted by atomic mass is 9.79. The van der Waals surface area contributed by atoms with Gasteiger partial charge in [-0.25, -0.2) is 0 Å². The molecule has 2 N–H and O–H groups in total. The zero-order valence-electron chi connectivity index (χ0n) is 19.2. The van der Waals surface area contributed by atoms with E-state index in [1.165, 1.54) is 6.92 Å². The highest BCUT2D eigenvalue weighted by Crippen LogP contribution is 2.50. The third kappa shape index (κ3) is 4.92. The van der Waals surface area contributed by atoms with Gasteiger partial charge in [-0.05, 0) is 48.6 Å². The summed E-state index contributed by atoms with van der Waals surface area (Å²) in [7, 11) is 0. The summed E-state index contributed by atoms with van der Waals surface area (Å²) in [6.45, 7) is 5.96. The standard InChI is InChI=1S/C25H29N5O3/c1-15-24(29-22-5-4-6-23(28-22)33-12-11-27-16(2)31)20-13-18(14-26)7-10-21(20)30(17(3)32)25(15)19-8-9-19/h4-7,10,13,15,19,24-25H,8-9,11-12H2,1-3H3,(H,27,31)(H,28,29)/t15-,24-,25-/m1/s1. The van der Waals surface area contributed by atoms with Crippen molar-refractivity contribution in [2.75, 3.05) is 23.4 Å². The van der Waals surface area contributed by atoms with Crippen LogP contribution < -0.4 is 20.3 Å². The monoisotopic (exact) mass is 447 g/mol. The third-order valence-corrected chi connectivity index (χ3v) is 6.31. The zero-order valence-corrected chi connectivity index (χ0v) is 19.2. The lowest BCUT2D eigenvalue weighted by molar-refractivity contribution is -0.119. The van der Waals surface area contributed by atoms with Crippen LogP contribution in [0, 0.1) is 23.2 Å². The first-order valence-electron chi connectivity index (χ1n) is 11.3. The van der Waals surface area contributed by atoms with Gasteiger partial charge in [0, 0.05) is 37.6 Å². The van der Waals surface area contributed by atoms with Crippen molar-refractivity contribution < 1.29 is 14.3 Å². The Hall–Kier alpha value is -3.60. The van der Waals surface area contributed by atoms with Crippen molar-refractivity contribution in [3.8, 4) is 11.9 Å². The Morgan fingerprint density at radius 1 is 1.24 bits per heavy atom. The maximum atomic E-state index is 12.7. The van der Waals surface area contributed by atoms with E-state index in [4.69, 9.17) is 4.74 Å². The molecule has 1 aromatic carbocycles. The predicted octanol–water partition coefficient (Wildman–Crippen LogP) is 3.40. The minimum atomic E-state index is -0.114. The van der Waals surface area contributed by atoms with Crippen LogP contribution in [0.5, 0.6) is 5.88 Å². The van der Waals surface area contributed by atoms with Gasteiger partial charge >= 0.3 is 0 Å². The highest BCUT2D eigenvalue weighted by Gasteiger charge is 2.47. The van der Waals surface area contributed by atoms with E-state index in [0.29, 0.717) is 36.3 Å². The smallest absolute Gasteiger partial charge is 0.224 e. The topological polar surface area (TPSA) is 107 Å². The number of ether oxygens (including phenoxy) is 1. The Bertz CT molecular complexity index is 1090. The van der Waals surface area contributed by atoms with E-state index in [2.05, 4.69) is 28.6 Å². The molecular weight excluding hydrogens is 418 g/mol. The summed E-state index contributed by atoms with van der Waals surface area (Å²) in [5.41, 5.74) is 2.34. The van der Waals surface area contributed by atoms with Gasteiger partial charge in [0.1, 0.15) is 12.4 Å². The van der Waals surface area contributed by atoms with Gasteiger partial charge < -0.3 is 20.3 Å². The molecule has 2 aromatic rings. The van der Waals surface area contributed by atoms with Crippen molar-refractivity contribution in [2.45, 2.75) is 45.7 Å². The van der Waals surface area contributed by atoms with Crippen LogP contribution in [-0.4, -0.2) is 36.0 Å². The van der Waals surface area contributed by atoms with Crippen LogP contribution in [-0.2, 0) is 9.59 Å². The van der Waals surface area contributed by atoms with E-state index >= 15 is 0 Å². The summed E-state index contributed by atoms with van der Waals surface area (Å²) in [6.07, 6.45) is 2.24. The zero-order chi connectivity index (χ0) is 23.5. The number of anilines is 2. The number of nitrogens with zero attached hydrogens (tertiary/aromatic N) is 3. The minimum absolute atomic E-state index is 0.0239. The maximum Gasteiger partial charge on any atom is 0.224 e. The summed E-state index contributed by atoms with van der Waals surface area (Å²) in [5, 5.41) is 15.7. The fraction of sp³-hybridized carbons (Fsp3) is 0.440. The molecule has 2 heterocycles. The molecular formula is C25H29N5O3. The Morgan fingerprint density at radius 2 is 2.03 bits per heavy atom. The number of nitrogens with one attached hydrogen (secondary N) is 2. The van der Waals surface area contributed by atoms with E-state index in [1.54, 1.807) is 19.1 Å². The van der Waals surface area contributed by atoms with Crippen LogP contribution in [0.1, 0.15) is 50.8 Å². The van der Waals surface area contributed by atoms with Crippen molar-refractivity contribution >= 4 is 23.3 Å². The Balaban J connectivity index is 1.62. The molecule has 1 aliphatic carbocycles. The maximum absolute atomic E-state index is 12.7. The van der Waals surface area contributed by atoms with E-state index in [0.717, 1.165) is 24.1 Å². The second kappa shape index (κ2) is 9.49. The van der Waals surface area contributed by atoms with Gasteiger partial charge in [-0.3, -0.25) is 9.59 Å². The van der Waals surface area contributed by atoms with Crippen molar-refractivity contribution in [3.05, 3.63) is 47.5 Å². The summed E-state index contributed by atoms with van der Waals surface area (Å²) >= 11 is 0. The molecule has 8 nitrogen and oxygen atoms in total. The summed E-state index contributed by atoms with van der Waals surface area (Å²) < 4.78 is 5.68. The number of aromatic nitrogens is 1. The largest absolute Gasteiger partial charge is 0.476 e. The molecule has 3 atom stereocenters. The molecule has 8 heteroatoms. The van der Waals surface area contributed by atoms with Gasteiger partial charge in [-0.15, -0.1) is 0 Å². The number of nitriles is 1. The second-order valence-corrected chi connectivity index (χ2v) is 8.78. The summed E-state index contributed by atoms with van der Waals surface area (Å²) in [4.78, 5) is 30.2. The number of hydrogen-bond donors (Lipinski definition) is 2. The van der Waals surface area contributed by atoms with E-state index in [-0.39, 0.29) is 29.8 Å². The number of fused-ring (bicyclic) bond motifs is 1. The minimum Gasteiger partial charge on any atom is -0.476 e. The van der Waals surface area contributed by atoms with Crippen molar-refractivity contribution in [2.24, 2.45) is 11.8 Å². The fourth-order valence-corrected chi connectivity index (χ4v) is 4.75. The molecule has 2 amide bonds. The molecule has 0 radical (unpaired) electrons. The van der Waals surface area contributed by atoms with Gasteiger partial charge in [0.2, 0.25) is 17.7 Å². The van der Waals surface area contributed by atoms with Gasteiger partial charge in [0.15, 0.2) is 0 Å². The number of benzene rings is 1. The van der Waals surface area contributed by atoms with Crippen molar-refractivity contribution in [1.29, 1.82) is 5.26 Å². The predicted molar refractivity (Wildman–Crippen MR) is 125 cm³/mol. The van der Waals surface area contributed by atoms with Crippen LogP contribution in [0.4, 0.5) is 11.5 Å². The van der Waals surface area contributed by atoms with E-state index in [1.807, 2.05) is 29.2 Å². The molecule has 1 aromatic heterocycles. The third-order valence-electron chi connectivity index (χ3n) is 6.31. The number of rotatable bonds is 7. The molecule has 33 heavy (non-hydrogen) atoms. The lowest BCUT2D eigenvalue weighted by Crippen LogP contribution is -2.51. The van der Waals surface area contributed by atoms with Crippen LogP contribution in [0.3, 0.4) is 0 Å². The van der Waals surface area contributed by atoms with Crippen molar-refractivity contribution in [3.63, 3.8) is 0 Å². The molecule has 0 unspecified atom stereocenters. The summed E-state index contributed by atoms with van der Waals surface area (Å²) in [6, 6.07) is 13.2. The van der Waals surface area contributed by atoms with Gasteiger partial charge in [0.25, 0.3) is 0 Å². The molecule has 1 aliphatic heterocycles. The average Bonchev–Trinajstić information content (AvgIpc) is 3.63. The second-order valence-electron chi connectivity index (χ2n) is 8.78. The fourth-order valence-electron chi connectivity index (χ4n) is 4.75. The van der Waals surface area contributed by atoms with E-state index < -0.39 is 0 Å². The quantitative estimate of drug-likeness (QED) is 0.630. The number of carbonyl (C=O) groups is 2. The average molecular weight is 448 g/mol. The number of pyridine rings is 1. The summed E-state index contributed by atoms with van der Waals surface area (Å²) in [5.74, 6) is 1.64. The highest BCUT2D eigenvalue weighted by atomic mass is 16.5. The molecule has 1 fully saturated rings. The Morgan fingerprint density at radius 3 is 2.70 bits per heavy atom. The van der Waals surface area contributed by atoms with Crippen molar-refractivity contribution in [1.82, 2.24) is 10.3 Å². The molecule has 2 aliphatic rings. The molecule has 172 valence electrons. The van der Waals surface area contributed by atoms with Gasteiger partial charge in [-0.2, -0.15) is 10.2 Å². The number of carbonyl (C=O) groups excluding carboxylic acids is 2. The highest BCUT2D eigenvalue weighted by molar-refractivity contribution is 5.94. The van der Waals surface area contributed by atoms with E-state index in [9.17, 15) is 14.9 Å².